The lowest BCUT2D eigenvalue weighted by Crippen LogP contribution is -2.40. The normalized spacial score (nSPS) is 34.3. The van der Waals surface area contributed by atoms with Crippen LogP contribution < -0.4 is 5.32 Å². The minimum Gasteiger partial charge on any atom is -0.316 e. The van der Waals surface area contributed by atoms with Gasteiger partial charge in [0.1, 0.15) is 0 Å². The van der Waals surface area contributed by atoms with Gasteiger partial charge in [-0.2, -0.15) is 5.10 Å². The van der Waals surface area contributed by atoms with E-state index in [0.29, 0.717) is 5.41 Å². The molecular weight excluding hydrogens is 222 g/mol. The van der Waals surface area contributed by atoms with E-state index in [4.69, 9.17) is 0 Å². The first-order valence-corrected chi connectivity index (χ1v) is 7.41. The second kappa shape index (κ2) is 4.69. The van der Waals surface area contributed by atoms with Crippen LogP contribution in [-0.2, 0) is 13.5 Å². The standard InChI is InChI=1S/C15H25N3/c1-3-16-11-15(9-12-4-5-13(15)8-12)10-14-6-7-18(2)17-14/h6-7,12-13,16H,3-5,8-11H2,1-2H3. The van der Waals surface area contributed by atoms with Crippen molar-refractivity contribution in [1.29, 1.82) is 0 Å². The smallest absolute Gasteiger partial charge is 0.0630 e. The van der Waals surface area contributed by atoms with Gasteiger partial charge in [0.2, 0.25) is 0 Å². The van der Waals surface area contributed by atoms with Crippen LogP contribution in [-0.4, -0.2) is 22.9 Å². The number of nitrogens with zero attached hydrogens (tertiary/aromatic N) is 2. The SMILES string of the molecule is CCNCC1(Cc2ccn(C)n2)CC2CCC1C2. The average Bonchev–Trinajstić information content (AvgIpc) is 3.03. The zero-order chi connectivity index (χ0) is 12.6. The molecule has 0 radical (unpaired) electrons. The van der Waals surface area contributed by atoms with E-state index in [2.05, 4.69) is 29.6 Å². The largest absolute Gasteiger partial charge is 0.316 e. The first kappa shape index (κ1) is 12.2. The fourth-order valence-electron chi connectivity index (χ4n) is 4.35. The van der Waals surface area contributed by atoms with Gasteiger partial charge in [-0.05, 0) is 55.5 Å². The molecule has 1 N–H and O–H groups in total. The third-order valence-electron chi connectivity index (χ3n) is 5.13. The summed E-state index contributed by atoms with van der Waals surface area (Å²) in [6.07, 6.45) is 9.05. The Hall–Kier alpha value is -0.830. The summed E-state index contributed by atoms with van der Waals surface area (Å²) in [5.74, 6) is 1.93. The van der Waals surface area contributed by atoms with Crippen LogP contribution in [0.5, 0.6) is 0 Å². The molecule has 1 aromatic rings. The first-order valence-electron chi connectivity index (χ1n) is 7.41. The average molecular weight is 247 g/mol. The highest BCUT2D eigenvalue weighted by atomic mass is 15.2. The number of aromatic nitrogens is 2. The van der Waals surface area contributed by atoms with Gasteiger partial charge in [0, 0.05) is 19.8 Å². The van der Waals surface area contributed by atoms with Gasteiger partial charge in [0.25, 0.3) is 0 Å². The fraction of sp³-hybridized carbons (Fsp3) is 0.800. The molecule has 2 fully saturated rings. The number of hydrogen-bond donors (Lipinski definition) is 1. The summed E-state index contributed by atoms with van der Waals surface area (Å²) in [4.78, 5) is 0. The van der Waals surface area contributed by atoms with E-state index >= 15 is 0 Å². The molecule has 2 aliphatic carbocycles. The highest BCUT2D eigenvalue weighted by Gasteiger charge is 2.50. The quantitative estimate of drug-likeness (QED) is 0.866. The summed E-state index contributed by atoms with van der Waals surface area (Å²) in [5, 5.41) is 8.21. The molecule has 1 aromatic heterocycles. The fourth-order valence-corrected chi connectivity index (χ4v) is 4.35. The van der Waals surface area contributed by atoms with Crippen molar-refractivity contribution in [2.75, 3.05) is 13.1 Å². The van der Waals surface area contributed by atoms with Gasteiger partial charge in [-0.3, -0.25) is 4.68 Å². The molecule has 100 valence electrons. The van der Waals surface area contributed by atoms with Crippen molar-refractivity contribution in [3.8, 4) is 0 Å². The monoisotopic (exact) mass is 247 g/mol. The molecule has 0 saturated heterocycles. The topological polar surface area (TPSA) is 29.9 Å². The van der Waals surface area contributed by atoms with E-state index in [1.165, 1.54) is 44.3 Å². The molecule has 0 spiro atoms. The Morgan fingerprint density at radius 3 is 2.94 bits per heavy atom. The lowest BCUT2D eigenvalue weighted by atomic mass is 9.70. The van der Waals surface area contributed by atoms with Gasteiger partial charge in [0.05, 0.1) is 5.69 Å². The van der Waals surface area contributed by atoms with Crippen LogP contribution in [0.3, 0.4) is 0 Å². The van der Waals surface area contributed by atoms with E-state index in [9.17, 15) is 0 Å². The van der Waals surface area contributed by atoms with Crippen molar-refractivity contribution in [2.24, 2.45) is 24.3 Å². The summed E-state index contributed by atoms with van der Waals surface area (Å²) in [5.41, 5.74) is 1.77. The van der Waals surface area contributed by atoms with E-state index in [1.807, 2.05) is 11.7 Å². The Kier molecular flexibility index (Phi) is 3.18. The maximum Gasteiger partial charge on any atom is 0.0630 e. The Balaban J connectivity index is 1.77. The maximum absolute atomic E-state index is 4.60. The third kappa shape index (κ3) is 2.09. The number of rotatable bonds is 5. The molecule has 3 atom stereocenters. The molecule has 2 bridgehead atoms. The Labute approximate surface area is 110 Å². The summed E-state index contributed by atoms with van der Waals surface area (Å²) in [6, 6.07) is 2.19. The van der Waals surface area contributed by atoms with Gasteiger partial charge < -0.3 is 5.32 Å². The van der Waals surface area contributed by atoms with Gasteiger partial charge in [-0.25, -0.2) is 0 Å². The zero-order valence-corrected chi connectivity index (χ0v) is 11.7. The molecule has 3 unspecified atom stereocenters. The summed E-state index contributed by atoms with van der Waals surface area (Å²) < 4.78 is 1.93. The molecular formula is C15H25N3. The van der Waals surface area contributed by atoms with Crippen LogP contribution in [0.25, 0.3) is 0 Å². The highest BCUT2D eigenvalue weighted by Crippen LogP contribution is 2.56. The van der Waals surface area contributed by atoms with Crippen molar-refractivity contribution in [3.63, 3.8) is 0 Å². The van der Waals surface area contributed by atoms with Crippen LogP contribution >= 0.6 is 0 Å². The molecule has 0 amide bonds. The number of aryl methyl sites for hydroxylation is 1. The first-order chi connectivity index (χ1) is 8.72. The third-order valence-corrected chi connectivity index (χ3v) is 5.13. The lowest BCUT2D eigenvalue weighted by Gasteiger charge is -2.37. The van der Waals surface area contributed by atoms with Crippen LogP contribution in [0.15, 0.2) is 12.3 Å². The van der Waals surface area contributed by atoms with Crippen LogP contribution in [0.2, 0.25) is 0 Å². The molecule has 0 aliphatic heterocycles. The predicted molar refractivity (Wildman–Crippen MR) is 73.3 cm³/mol. The summed E-state index contributed by atoms with van der Waals surface area (Å²) in [7, 11) is 2.02. The van der Waals surface area contributed by atoms with E-state index in [1.54, 1.807) is 0 Å². The van der Waals surface area contributed by atoms with E-state index in [0.717, 1.165) is 18.4 Å². The Bertz CT molecular complexity index is 412. The Morgan fingerprint density at radius 1 is 1.50 bits per heavy atom. The predicted octanol–water partition coefficient (Wildman–Crippen LogP) is 2.38. The molecule has 2 aliphatic rings. The van der Waals surface area contributed by atoms with Crippen LogP contribution in [0.1, 0.15) is 38.3 Å². The van der Waals surface area contributed by atoms with E-state index in [-0.39, 0.29) is 0 Å². The summed E-state index contributed by atoms with van der Waals surface area (Å²) >= 11 is 0. The maximum atomic E-state index is 4.60. The molecule has 2 saturated carbocycles. The summed E-state index contributed by atoms with van der Waals surface area (Å²) in [6.45, 7) is 4.48. The van der Waals surface area contributed by atoms with Gasteiger partial charge >= 0.3 is 0 Å². The number of hydrogen-bond acceptors (Lipinski definition) is 2. The molecule has 1 heterocycles. The van der Waals surface area contributed by atoms with Gasteiger partial charge in [-0.15, -0.1) is 0 Å². The van der Waals surface area contributed by atoms with Crippen molar-refractivity contribution in [3.05, 3.63) is 18.0 Å². The number of nitrogens with one attached hydrogen (secondary N) is 1. The minimum absolute atomic E-state index is 0.493. The van der Waals surface area contributed by atoms with E-state index < -0.39 is 0 Å². The molecule has 18 heavy (non-hydrogen) atoms. The minimum atomic E-state index is 0.493. The van der Waals surface area contributed by atoms with Gasteiger partial charge in [-0.1, -0.05) is 13.3 Å². The molecule has 3 rings (SSSR count). The molecule has 3 heteroatoms. The number of fused-ring (bicyclic) bond motifs is 2. The zero-order valence-electron chi connectivity index (χ0n) is 11.7. The van der Waals surface area contributed by atoms with Crippen LogP contribution in [0.4, 0.5) is 0 Å². The van der Waals surface area contributed by atoms with Crippen molar-refractivity contribution in [2.45, 2.75) is 39.0 Å². The van der Waals surface area contributed by atoms with Gasteiger partial charge in [0.15, 0.2) is 0 Å². The van der Waals surface area contributed by atoms with Crippen molar-refractivity contribution in [1.82, 2.24) is 15.1 Å². The van der Waals surface area contributed by atoms with Crippen LogP contribution in [0, 0.1) is 17.3 Å². The van der Waals surface area contributed by atoms with Crippen molar-refractivity contribution >= 4 is 0 Å². The van der Waals surface area contributed by atoms with Crippen molar-refractivity contribution < 1.29 is 0 Å². The second-order valence-electron chi connectivity index (χ2n) is 6.38. The molecule has 0 aromatic carbocycles. The highest BCUT2D eigenvalue weighted by molar-refractivity contribution is 5.10. The lowest BCUT2D eigenvalue weighted by molar-refractivity contribution is 0.155. The second-order valence-corrected chi connectivity index (χ2v) is 6.38. The molecule has 3 nitrogen and oxygen atoms in total. The Morgan fingerprint density at radius 2 is 2.39 bits per heavy atom.